The van der Waals surface area contributed by atoms with Crippen molar-refractivity contribution in [2.24, 2.45) is 0 Å². The van der Waals surface area contributed by atoms with Gasteiger partial charge in [-0.15, -0.1) is 9.24 Å². The molecule has 1 heterocycles. The zero-order chi connectivity index (χ0) is 9.30. The number of carbonyl (C=O) groups is 1. The summed E-state index contributed by atoms with van der Waals surface area (Å²) in [6, 6.07) is 0.377. The molecule has 12 heavy (non-hydrogen) atoms. The van der Waals surface area contributed by atoms with Crippen LogP contribution in [0.5, 0.6) is 0 Å². The molecule has 0 spiro atoms. The number of nitrogens with zero attached hydrogens (tertiary/aromatic N) is 2. The number of hydrogen-bond donors (Lipinski definition) is 0. The Balaban J connectivity index is 2.51. The van der Waals surface area contributed by atoms with E-state index in [9.17, 15) is 4.79 Å². The largest absolute Gasteiger partial charge is 0.342 e. The normalized spacial score (nSPS) is 30.7. The van der Waals surface area contributed by atoms with Gasteiger partial charge in [-0.1, -0.05) is 9.39 Å². The highest BCUT2D eigenvalue weighted by Gasteiger charge is 2.30. The molecule has 1 aliphatic heterocycles. The van der Waals surface area contributed by atoms with Crippen LogP contribution in [0.1, 0.15) is 13.3 Å². The van der Waals surface area contributed by atoms with Crippen molar-refractivity contribution in [3.63, 3.8) is 0 Å². The Morgan fingerprint density at radius 3 is 2.58 bits per heavy atom. The molecule has 1 rings (SSSR count). The molecule has 0 bridgehead atoms. The molecule has 4 unspecified atom stereocenters. The molecule has 0 aromatic carbocycles. The highest BCUT2D eigenvalue weighted by Crippen LogP contribution is 2.28. The zero-order valence-corrected chi connectivity index (χ0v) is 9.84. The molecule has 0 aliphatic carbocycles. The molecule has 70 valence electrons. The summed E-state index contributed by atoms with van der Waals surface area (Å²) in [4.78, 5) is 12.9. The van der Waals surface area contributed by atoms with Crippen LogP contribution < -0.4 is 0 Å². The minimum absolute atomic E-state index is 0.150. The summed E-state index contributed by atoms with van der Waals surface area (Å²) in [6.45, 7) is 2.57. The van der Waals surface area contributed by atoms with Gasteiger partial charge in [-0.25, -0.2) is 0 Å². The van der Waals surface area contributed by atoms with Crippen LogP contribution in [0, 0.1) is 0 Å². The summed E-state index contributed by atoms with van der Waals surface area (Å²) in [7, 11) is 7.34. The van der Waals surface area contributed by atoms with Crippen molar-refractivity contribution in [2.75, 3.05) is 13.6 Å². The van der Waals surface area contributed by atoms with Crippen LogP contribution in [0.25, 0.3) is 0 Å². The summed E-state index contributed by atoms with van der Waals surface area (Å²) in [5, 5.41) is 0. The molecule has 0 aromatic heterocycles. The molecule has 1 aliphatic rings. The molecule has 1 amide bonds. The summed E-state index contributed by atoms with van der Waals surface area (Å²) in [6.07, 6.45) is 1.05. The van der Waals surface area contributed by atoms with Gasteiger partial charge >= 0.3 is 0 Å². The van der Waals surface area contributed by atoms with E-state index >= 15 is 0 Å². The lowest BCUT2D eigenvalue weighted by Gasteiger charge is -2.22. The Morgan fingerprint density at radius 1 is 1.67 bits per heavy atom. The third-order valence-electron chi connectivity index (χ3n) is 2.41. The monoisotopic (exact) mass is 206 g/mol. The lowest BCUT2D eigenvalue weighted by Crippen LogP contribution is -2.36. The van der Waals surface area contributed by atoms with E-state index in [0.29, 0.717) is 11.8 Å². The number of rotatable bonds is 1. The van der Waals surface area contributed by atoms with Gasteiger partial charge in [0, 0.05) is 32.3 Å². The average Bonchev–Trinajstić information content (AvgIpc) is 2.30. The quantitative estimate of drug-likeness (QED) is 0.584. The molecule has 0 radical (unpaired) electrons. The number of likely N-dealkylation sites (N-methyl/N-ethyl adjacent to an activating group) is 1. The van der Waals surface area contributed by atoms with E-state index in [0.717, 1.165) is 13.0 Å². The zero-order valence-electron chi connectivity index (χ0n) is 7.53. The molecule has 4 atom stereocenters. The smallest absolute Gasteiger partial charge is 0.219 e. The van der Waals surface area contributed by atoms with Crippen molar-refractivity contribution in [3.8, 4) is 0 Å². The molecule has 1 fully saturated rings. The summed E-state index contributed by atoms with van der Waals surface area (Å²) >= 11 is 0. The van der Waals surface area contributed by atoms with Gasteiger partial charge in [-0.3, -0.25) is 9.46 Å². The molecule has 0 saturated carbocycles. The van der Waals surface area contributed by atoms with Gasteiger partial charge in [-0.2, -0.15) is 0 Å². The minimum atomic E-state index is 0.150. The molecule has 0 N–H and O–H groups in total. The minimum Gasteiger partial charge on any atom is -0.342 e. The van der Waals surface area contributed by atoms with Crippen LogP contribution >= 0.6 is 18.6 Å². The highest BCUT2D eigenvalue weighted by molar-refractivity contribution is 7.20. The molecule has 0 aromatic rings. The van der Waals surface area contributed by atoms with Crippen molar-refractivity contribution >= 4 is 24.5 Å². The van der Waals surface area contributed by atoms with Crippen molar-refractivity contribution < 1.29 is 4.79 Å². The van der Waals surface area contributed by atoms with Gasteiger partial charge < -0.3 is 4.90 Å². The van der Waals surface area contributed by atoms with E-state index in [-0.39, 0.29) is 5.91 Å². The first-order valence-electron chi connectivity index (χ1n) is 4.02. The van der Waals surface area contributed by atoms with Crippen molar-refractivity contribution in [1.82, 2.24) is 9.57 Å². The Bertz CT molecular complexity index is 178. The Kier molecular flexibility index (Phi) is 3.46. The number of hydrogen-bond acceptors (Lipinski definition) is 2. The fraction of sp³-hybridized carbons (Fsp3) is 0.857. The van der Waals surface area contributed by atoms with Gasteiger partial charge in [0.2, 0.25) is 5.91 Å². The number of amides is 1. The predicted octanol–water partition coefficient (Wildman–Crippen LogP) is 0.530. The van der Waals surface area contributed by atoms with E-state index in [1.54, 1.807) is 6.92 Å². The Hall–Kier alpha value is 0.290. The first-order chi connectivity index (χ1) is 5.52. The second-order valence-electron chi connectivity index (χ2n) is 3.28. The van der Waals surface area contributed by atoms with Crippen LogP contribution in [0.4, 0.5) is 0 Å². The maximum absolute atomic E-state index is 11.0. The SMILES string of the molecule is CC(=O)N(C)C1CC(P)N(P)C1. The first-order valence-corrected chi connectivity index (χ1v) is 5.21. The van der Waals surface area contributed by atoms with Crippen LogP contribution in [0.15, 0.2) is 0 Å². The third-order valence-corrected chi connectivity index (χ3v) is 4.00. The first kappa shape index (κ1) is 10.4. The topological polar surface area (TPSA) is 23.6 Å². The maximum atomic E-state index is 11.0. The summed E-state index contributed by atoms with van der Waals surface area (Å²) in [5.74, 6) is 0.638. The molecule has 1 saturated heterocycles. The van der Waals surface area contributed by atoms with Crippen LogP contribution in [-0.2, 0) is 4.79 Å². The van der Waals surface area contributed by atoms with Crippen LogP contribution in [-0.4, -0.2) is 40.9 Å². The van der Waals surface area contributed by atoms with Gasteiger partial charge in [0.15, 0.2) is 0 Å². The standard InChI is InChI=1S/C7H16N2OP2/c1-5(10)8(2)6-3-7(11)9(12)4-6/h6-7H,3-4,11-12H2,1-2H3. The third kappa shape index (κ3) is 2.16. The predicted molar refractivity (Wildman–Crippen MR) is 56.8 cm³/mol. The molecular weight excluding hydrogens is 190 g/mol. The second kappa shape index (κ2) is 4.00. The molecule has 5 heteroatoms. The van der Waals surface area contributed by atoms with Crippen molar-refractivity contribution in [2.45, 2.75) is 25.2 Å². The number of carbonyl (C=O) groups excluding carboxylic acids is 1. The van der Waals surface area contributed by atoms with E-state index < -0.39 is 0 Å². The average molecular weight is 206 g/mol. The lowest BCUT2D eigenvalue weighted by atomic mass is 10.2. The van der Waals surface area contributed by atoms with Gasteiger partial charge in [0.25, 0.3) is 0 Å². The second-order valence-corrected chi connectivity index (χ2v) is 4.72. The van der Waals surface area contributed by atoms with Gasteiger partial charge in [0.1, 0.15) is 0 Å². The summed E-state index contributed by atoms with van der Waals surface area (Å²) < 4.78 is 2.18. The fourth-order valence-electron chi connectivity index (χ4n) is 1.41. The van der Waals surface area contributed by atoms with Gasteiger partial charge in [-0.05, 0) is 6.42 Å². The van der Waals surface area contributed by atoms with Crippen LogP contribution in [0.3, 0.4) is 0 Å². The van der Waals surface area contributed by atoms with Gasteiger partial charge in [0.05, 0.1) is 0 Å². The Morgan fingerprint density at radius 2 is 2.25 bits per heavy atom. The van der Waals surface area contributed by atoms with Crippen LogP contribution in [0.2, 0.25) is 0 Å². The Labute approximate surface area is 78.3 Å². The fourth-order valence-corrected chi connectivity index (χ4v) is 2.21. The highest BCUT2D eigenvalue weighted by atomic mass is 31.0. The summed E-state index contributed by atoms with van der Waals surface area (Å²) in [5.41, 5.74) is 0. The maximum Gasteiger partial charge on any atom is 0.219 e. The van der Waals surface area contributed by atoms with Crippen molar-refractivity contribution in [3.05, 3.63) is 0 Å². The molecule has 3 nitrogen and oxygen atoms in total. The van der Waals surface area contributed by atoms with E-state index in [1.165, 1.54) is 0 Å². The van der Waals surface area contributed by atoms with Crippen molar-refractivity contribution in [1.29, 1.82) is 0 Å². The lowest BCUT2D eigenvalue weighted by molar-refractivity contribution is -0.129. The van der Waals surface area contributed by atoms with E-state index in [4.69, 9.17) is 0 Å². The van der Waals surface area contributed by atoms with E-state index in [2.05, 4.69) is 23.3 Å². The molecular formula is C7H16N2OP2. The van der Waals surface area contributed by atoms with E-state index in [1.807, 2.05) is 11.9 Å².